The lowest BCUT2D eigenvalue weighted by Gasteiger charge is -2.43. The van der Waals surface area contributed by atoms with Gasteiger partial charge in [-0.25, -0.2) is 0 Å². The van der Waals surface area contributed by atoms with Crippen LogP contribution < -0.4 is 10.6 Å². The molecule has 1 aliphatic carbocycles. The van der Waals surface area contributed by atoms with Crippen LogP contribution in [0.15, 0.2) is 53.4 Å². The van der Waals surface area contributed by atoms with Crippen LogP contribution >= 0.6 is 11.8 Å². The number of hydrogen-bond acceptors (Lipinski definition) is 3. The van der Waals surface area contributed by atoms with Gasteiger partial charge < -0.3 is 10.6 Å². The number of carbonyl (C=O) groups excluding carboxylic acids is 2. The SMILES string of the molecule is C[C@@H]1Sc2ccc(C(=O)NC3(c4ccccc4)CCC3)cc2NC1=O. The Morgan fingerprint density at radius 1 is 1.20 bits per heavy atom. The van der Waals surface area contributed by atoms with Crippen LogP contribution in [0.3, 0.4) is 0 Å². The van der Waals surface area contributed by atoms with E-state index in [4.69, 9.17) is 0 Å². The van der Waals surface area contributed by atoms with Gasteiger partial charge in [-0.05, 0) is 49.9 Å². The number of nitrogens with one attached hydrogen (secondary N) is 2. The molecule has 128 valence electrons. The molecule has 0 radical (unpaired) electrons. The molecular weight excluding hydrogens is 332 g/mol. The van der Waals surface area contributed by atoms with Crippen LogP contribution in [-0.2, 0) is 10.3 Å². The predicted octanol–water partition coefficient (Wildman–Crippen LogP) is 3.93. The Kier molecular flexibility index (Phi) is 4.04. The number of thioether (sulfide) groups is 1. The average molecular weight is 352 g/mol. The summed E-state index contributed by atoms with van der Waals surface area (Å²) in [6, 6.07) is 15.7. The Morgan fingerprint density at radius 2 is 1.96 bits per heavy atom. The fourth-order valence-corrected chi connectivity index (χ4v) is 4.34. The molecule has 1 atom stereocenters. The summed E-state index contributed by atoms with van der Waals surface area (Å²) in [5, 5.41) is 6.01. The van der Waals surface area contributed by atoms with Gasteiger partial charge in [-0.2, -0.15) is 0 Å². The van der Waals surface area contributed by atoms with Crippen molar-refractivity contribution in [2.24, 2.45) is 0 Å². The van der Waals surface area contributed by atoms with Crippen LogP contribution in [0.25, 0.3) is 0 Å². The molecule has 1 heterocycles. The van der Waals surface area contributed by atoms with Crippen molar-refractivity contribution in [3.63, 3.8) is 0 Å². The molecule has 0 spiro atoms. The molecule has 5 heteroatoms. The van der Waals surface area contributed by atoms with E-state index in [1.165, 1.54) is 11.8 Å². The summed E-state index contributed by atoms with van der Waals surface area (Å²) in [6.07, 6.45) is 3.03. The van der Waals surface area contributed by atoms with Gasteiger partial charge in [-0.1, -0.05) is 30.3 Å². The zero-order valence-electron chi connectivity index (χ0n) is 14.0. The van der Waals surface area contributed by atoms with Crippen molar-refractivity contribution in [1.29, 1.82) is 0 Å². The minimum atomic E-state index is -0.263. The first-order valence-corrected chi connectivity index (χ1v) is 9.45. The van der Waals surface area contributed by atoms with Gasteiger partial charge in [0, 0.05) is 10.5 Å². The number of hydrogen-bond donors (Lipinski definition) is 2. The lowest BCUT2D eigenvalue weighted by Crippen LogP contribution is -2.50. The van der Waals surface area contributed by atoms with Gasteiger partial charge in [0.25, 0.3) is 5.91 Å². The van der Waals surface area contributed by atoms with Crippen molar-refractivity contribution in [2.45, 2.75) is 41.9 Å². The second-order valence-corrected chi connectivity index (χ2v) is 8.10. The van der Waals surface area contributed by atoms with Crippen molar-refractivity contribution in [3.05, 3.63) is 59.7 Å². The summed E-state index contributed by atoms with van der Waals surface area (Å²) in [5.41, 5.74) is 2.20. The van der Waals surface area contributed by atoms with E-state index >= 15 is 0 Å². The highest BCUT2D eigenvalue weighted by atomic mass is 32.2. The van der Waals surface area contributed by atoms with E-state index in [1.807, 2.05) is 37.3 Å². The monoisotopic (exact) mass is 352 g/mol. The van der Waals surface area contributed by atoms with Gasteiger partial charge in [0.15, 0.2) is 0 Å². The van der Waals surface area contributed by atoms with Gasteiger partial charge >= 0.3 is 0 Å². The Bertz CT molecular complexity index is 831. The molecule has 2 amide bonds. The highest BCUT2D eigenvalue weighted by Gasteiger charge is 2.40. The van der Waals surface area contributed by atoms with E-state index in [0.717, 1.165) is 35.4 Å². The standard InChI is InChI=1S/C20H20N2O2S/c1-13-18(23)21-16-12-14(8-9-17(16)25-13)19(24)22-20(10-5-11-20)15-6-3-2-4-7-15/h2-4,6-9,12-13H,5,10-11H2,1H3,(H,21,23)(H,22,24)/t13-/m0/s1. The van der Waals surface area contributed by atoms with E-state index in [-0.39, 0.29) is 22.6 Å². The molecule has 0 unspecified atom stereocenters. The van der Waals surface area contributed by atoms with E-state index in [2.05, 4.69) is 22.8 Å². The molecule has 0 saturated heterocycles. The maximum atomic E-state index is 12.8. The molecule has 2 N–H and O–H groups in total. The first kappa shape index (κ1) is 16.2. The number of benzene rings is 2. The third kappa shape index (κ3) is 2.93. The molecular formula is C20H20N2O2S. The topological polar surface area (TPSA) is 58.2 Å². The minimum Gasteiger partial charge on any atom is -0.343 e. The molecule has 1 saturated carbocycles. The fraction of sp³-hybridized carbons (Fsp3) is 0.300. The number of fused-ring (bicyclic) bond motifs is 1. The zero-order valence-corrected chi connectivity index (χ0v) is 14.9. The predicted molar refractivity (Wildman–Crippen MR) is 99.8 cm³/mol. The number of carbonyl (C=O) groups is 2. The first-order valence-electron chi connectivity index (χ1n) is 8.57. The number of amides is 2. The third-order valence-electron chi connectivity index (χ3n) is 5.06. The molecule has 1 fully saturated rings. The molecule has 1 aliphatic heterocycles. The summed E-state index contributed by atoms with van der Waals surface area (Å²) >= 11 is 1.52. The van der Waals surface area contributed by atoms with Gasteiger partial charge in [0.2, 0.25) is 5.91 Å². The molecule has 0 bridgehead atoms. The smallest absolute Gasteiger partial charge is 0.252 e. The van der Waals surface area contributed by atoms with Crippen LogP contribution in [0, 0.1) is 0 Å². The van der Waals surface area contributed by atoms with Crippen molar-refractivity contribution < 1.29 is 9.59 Å². The van der Waals surface area contributed by atoms with Gasteiger partial charge in [-0.3, -0.25) is 9.59 Å². The minimum absolute atomic E-state index is 0.0187. The highest BCUT2D eigenvalue weighted by Crippen LogP contribution is 2.42. The Morgan fingerprint density at radius 3 is 2.64 bits per heavy atom. The van der Waals surface area contributed by atoms with Crippen LogP contribution in [0.5, 0.6) is 0 Å². The summed E-state index contributed by atoms with van der Waals surface area (Å²) in [6.45, 7) is 1.88. The van der Waals surface area contributed by atoms with Crippen LogP contribution in [0.1, 0.15) is 42.1 Å². The third-order valence-corrected chi connectivity index (χ3v) is 6.24. The van der Waals surface area contributed by atoms with Gasteiger partial charge in [0.1, 0.15) is 0 Å². The van der Waals surface area contributed by atoms with Crippen molar-refractivity contribution in [2.75, 3.05) is 5.32 Å². The summed E-state index contributed by atoms with van der Waals surface area (Å²) in [7, 11) is 0. The van der Waals surface area contributed by atoms with Crippen molar-refractivity contribution >= 4 is 29.3 Å². The fourth-order valence-electron chi connectivity index (χ4n) is 3.41. The van der Waals surface area contributed by atoms with E-state index in [1.54, 1.807) is 6.07 Å². The molecule has 2 aromatic carbocycles. The maximum Gasteiger partial charge on any atom is 0.252 e. The Balaban J connectivity index is 1.58. The van der Waals surface area contributed by atoms with E-state index < -0.39 is 0 Å². The molecule has 2 aliphatic rings. The molecule has 0 aromatic heterocycles. The summed E-state index contributed by atoms with van der Waals surface area (Å²) in [5.74, 6) is -0.112. The molecule has 2 aromatic rings. The summed E-state index contributed by atoms with van der Waals surface area (Å²) in [4.78, 5) is 25.7. The quantitative estimate of drug-likeness (QED) is 0.880. The van der Waals surface area contributed by atoms with Crippen molar-refractivity contribution in [3.8, 4) is 0 Å². The molecule has 4 rings (SSSR count). The van der Waals surface area contributed by atoms with Crippen LogP contribution in [0.4, 0.5) is 5.69 Å². The van der Waals surface area contributed by atoms with Crippen LogP contribution in [-0.4, -0.2) is 17.1 Å². The lowest BCUT2D eigenvalue weighted by atomic mass is 9.71. The number of anilines is 1. The maximum absolute atomic E-state index is 12.8. The van der Waals surface area contributed by atoms with Gasteiger partial charge in [-0.15, -0.1) is 11.8 Å². The Labute approximate surface area is 151 Å². The van der Waals surface area contributed by atoms with Crippen LogP contribution in [0.2, 0.25) is 0 Å². The van der Waals surface area contributed by atoms with E-state index in [9.17, 15) is 9.59 Å². The zero-order chi connectivity index (χ0) is 17.4. The molecule has 4 nitrogen and oxygen atoms in total. The van der Waals surface area contributed by atoms with E-state index in [0.29, 0.717) is 5.56 Å². The average Bonchev–Trinajstić information content (AvgIpc) is 2.59. The highest BCUT2D eigenvalue weighted by molar-refractivity contribution is 8.00. The second-order valence-electron chi connectivity index (χ2n) is 6.72. The van der Waals surface area contributed by atoms with Crippen molar-refractivity contribution in [1.82, 2.24) is 5.32 Å². The van der Waals surface area contributed by atoms with Gasteiger partial charge in [0.05, 0.1) is 16.5 Å². The number of rotatable bonds is 3. The Hall–Kier alpha value is -2.27. The first-order chi connectivity index (χ1) is 12.1. The lowest BCUT2D eigenvalue weighted by molar-refractivity contribution is -0.115. The largest absolute Gasteiger partial charge is 0.343 e. The molecule has 25 heavy (non-hydrogen) atoms. The normalized spacial score (nSPS) is 20.8. The summed E-state index contributed by atoms with van der Waals surface area (Å²) < 4.78 is 0. The second kappa shape index (κ2) is 6.23.